The molecule has 2 amide bonds. The van der Waals surface area contributed by atoms with Crippen molar-refractivity contribution >= 4 is 11.8 Å². The minimum atomic E-state index is -0.738. The van der Waals surface area contributed by atoms with E-state index in [0.717, 1.165) is 12.8 Å². The van der Waals surface area contributed by atoms with Gasteiger partial charge in [-0.1, -0.05) is 6.07 Å². The first-order chi connectivity index (χ1) is 11.5. The molecule has 1 saturated heterocycles. The third-order valence-electron chi connectivity index (χ3n) is 4.00. The number of carbonyl (C=O) groups is 2. The summed E-state index contributed by atoms with van der Waals surface area (Å²) in [7, 11) is 0. The topological polar surface area (TPSA) is 84.7 Å². The van der Waals surface area contributed by atoms with Gasteiger partial charge >= 0.3 is 0 Å². The Morgan fingerprint density at radius 2 is 2.29 bits per heavy atom. The molecule has 1 aliphatic heterocycles. The van der Waals surface area contributed by atoms with Crippen LogP contribution in [0.1, 0.15) is 19.8 Å². The van der Waals surface area contributed by atoms with Gasteiger partial charge < -0.3 is 20.7 Å². The summed E-state index contributed by atoms with van der Waals surface area (Å²) in [4.78, 5) is 26.2. The molecule has 2 rings (SSSR count). The van der Waals surface area contributed by atoms with Crippen LogP contribution >= 0.6 is 0 Å². The number of hydrogen-bond acceptors (Lipinski definition) is 4. The van der Waals surface area contributed by atoms with Gasteiger partial charge in [0.05, 0.1) is 5.92 Å². The van der Waals surface area contributed by atoms with Gasteiger partial charge in [-0.15, -0.1) is 0 Å². The molecule has 1 aromatic rings. The summed E-state index contributed by atoms with van der Waals surface area (Å²) in [5.74, 6) is -0.602. The molecule has 1 aromatic carbocycles. The Balaban J connectivity index is 1.92. The first kappa shape index (κ1) is 18.2. The first-order valence-corrected chi connectivity index (χ1v) is 8.20. The number of amides is 2. The van der Waals surface area contributed by atoms with E-state index in [2.05, 4.69) is 5.32 Å². The summed E-state index contributed by atoms with van der Waals surface area (Å²) in [6.45, 7) is 3.41. The van der Waals surface area contributed by atoms with Gasteiger partial charge in [-0.2, -0.15) is 0 Å². The Morgan fingerprint density at radius 1 is 1.50 bits per heavy atom. The molecule has 1 fully saturated rings. The Labute approximate surface area is 141 Å². The van der Waals surface area contributed by atoms with Crippen LogP contribution in [0.3, 0.4) is 0 Å². The fraction of sp³-hybridized carbons (Fsp3) is 0.529. The molecule has 24 heavy (non-hydrogen) atoms. The Kier molecular flexibility index (Phi) is 6.54. The van der Waals surface area contributed by atoms with Gasteiger partial charge in [-0.05, 0) is 31.9 Å². The molecular formula is C17H24FN3O3. The standard InChI is InChI=1S/C17H24FN3O3/c1-12(24-15-6-2-5-14(18)10-15)17(23)21-9-3-4-13(11-21)16(22)20-8-7-19/h2,5-6,10,12-13H,3-4,7-9,11,19H2,1H3,(H,20,22). The van der Waals surface area contributed by atoms with Crippen LogP contribution in [-0.2, 0) is 9.59 Å². The number of rotatable bonds is 6. The number of carbonyl (C=O) groups excluding carboxylic acids is 2. The molecule has 0 spiro atoms. The first-order valence-electron chi connectivity index (χ1n) is 8.20. The second kappa shape index (κ2) is 8.63. The van der Waals surface area contributed by atoms with E-state index in [4.69, 9.17) is 10.5 Å². The van der Waals surface area contributed by atoms with Crippen LogP contribution in [-0.4, -0.2) is 49.0 Å². The van der Waals surface area contributed by atoms with Crippen LogP contribution in [0.5, 0.6) is 5.75 Å². The quantitative estimate of drug-likeness (QED) is 0.808. The second-order valence-electron chi connectivity index (χ2n) is 5.92. The van der Waals surface area contributed by atoms with Crippen LogP contribution in [0.4, 0.5) is 4.39 Å². The molecule has 1 heterocycles. The molecule has 2 unspecified atom stereocenters. The van der Waals surface area contributed by atoms with Crippen molar-refractivity contribution in [3.8, 4) is 5.75 Å². The van der Waals surface area contributed by atoms with Crippen molar-refractivity contribution in [3.63, 3.8) is 0 Å². The second-order valence-corrected chi connectivity index (χ2v) is 5.92. The molecule has 2 atom stereocenters. The number of nitrogens with two attached hydrogens (primary N) is 1. The highest BCUT2D eigenvalue weighted by molar-refractivity contribution is 5.83. The lowest BCUT2D eigenvalue weighted by Gasteiger charge is -2.33. The summed E-state index contributed by atoms with van der Waals surface area (Å²) in [5, 5.41) is 2.76. The summed E-state index contributed by atoms with van der Waals surface area (Å²) >= 11 is 0. The molecule has 6 nitrogen and oxygen atoms in total. The fourth-order valence-corrected chi connectivity index (χ4v) is 2.78. The van der Waals surface area contributed by atoms with Crippen molar-refractivity contribution in [1.82, 2.24) is 10.2 Å². The SMILES string of the molecule is CC(Oc1cccc(F)c1)C(=O)N1CCCC(C(=O)NCCN)C1. The number of benzene rings is 1. The largest absolute Gasteiger partial charge is 0.481 e. The highest BCUT2D eigenvalue weighted by Crippen LogP contribution is 2.19. The van der Waals surface area contributed by atoms with Crippen molar-refractivity contribution in [2.24, 2.45) is 11.7 Å². The van der Waals surface area contributed by atoms with E-state index in [-0.39, 0.29) is 17.7 Å². The van der Waals surface area contributed by atoms with E-state index in [1.165, 1.54) is 18.2 Å². The van der Waals surface area contributed by atoms with Gasteiger partial charge in [0.25, 0.3) is 5.91 Å². The fourth-order valence-electron chi connectivity index (χ4n) is 2.78. The number of piperidine rings is 1. The molecular weight excluding hydrogens is 313 g/mol. The summed E-state index contributed by atoms with van der Waals surface area (Å²) in [6.07, 6.45) is 0.774. The van der Waals surface area contributed by atoms with E-state index in [9.17, 15) is 14.0 Å². The zero-order chi connectivity index (χ0) is 17.5. The molecule has 132 valence electrons. The van der Waals surface area contributed by atoms with Gasteiger partial charge in [0, 0.05) is 32.2 Å². The minimum Gasteiger partial charge on any atom is -0.481 e. The maximum Gasteiger partial charge on any atom is 0.263 e. The lowest BCUT2D eigenvalue weighted by Crippen LogP contribution is -2.49. The van der Waals surface area contributed by atoms with Gasteiger partial charge in [-0.25, -0.2) is 4.39 Å². The van der Waals surface area contributed by atoms with Crippen LogP contribution in [0.25, 0.3) is 0 Å². The predicted octanol–water partition coefficient (Wildman–Crippen LogP) is 0.906. The molecule has 0 bridgehead atoms. The minimum absolute atomic E-state index is 0.0725. The lowest BCUT2D eigenvalue weighted by atomic mass is 9.96. The zero-order valence-electron chi connectivity index (χ0n) is 13.8. The average molecular weight is 337 g/mol. The Hall–Kier alpha value is -2.15. The van der Waals surface area contributed by atoms with Gasteiger partial charge in [0.2, 0.25) is 5.91 Å². The van der Waals surface area contributed by atoms with Crippen LogP contribution in [0, 0.1) is 11.7 Å². The van der Waals surface area contributed by atoms with Crippen molar-refractivity contribution in [3.05, 3.63) is 30.1 Å². The van der Waals surface area contributed by atoms with Crippen molar-refractivity contribution in [1.29, 1.82) is 0 Å². The predicted molar refractivity (Wildman–Crippen MR) is 87.9 cm³/mol. The average Bonchev–Trinajstić information content (AvgIpc) is 2.59. The molecule has 1 aliphatic rings. The molecule has 7 heteroatoms. The van der Waals surface area contributed by atoms with Crippen molar-refractivity contribution in [2.45, 2.75) is 25.9 Å². The highest BCUT2D eigenvalue weighted by atomic mass is 19.1. The van der Waals surface area contributed by atoms with Crippen LogP contribution in [0.15, 0.2) is 24.3 Å². The van der Waals surface area contributed by atoms with E-state index >= 15 is 0 Å². The van der Waals surface area contributed by atoms with Gasteiger partial charge in [0.15, 0.2) is 6.10 Å². The zero-order valence-corrected chi connectivity index (χ0v) is 13.8. The number of halogens is 1. The monoisotopic (exact) mass is 337 g/mol. The Morgan fingerprint density at radius 3 is 3.00 bits per heavy atom. The Bertz CT molecular complexity index is 582. The molecule has 0 radical (unpaired) electrons. The third kappa shape index (κ3) is 4.92. The summed E-state index contributed by atoms with van der Waals surface area (Å²) < 4.78 is 18.7. The van der Waals surface area contributed by atoms with Gasteiger partial charge in [0.1, 0.15) is 11.6 Å². The summed E-state index contributed by atoms with van der Waals surface area (Å²) in [6, 6.07) is 5.68. The number of likely N-dealkylation sites (tertiary alicyclic amines) is 1. The van der Waals surface area contributed by atoms with Crippen LogP contribution in [0.2, 0.25) is 0 Å². The van der Waals surface area contributed by atoms with Gasteiger partial charge in [-0.3, -0.25) is 9.59 Å². The van der Waals surface area contributed by atoms with Crippen LogP contribution < -0.4 is 15.8 Å². The normalized spacial score (nSPS) is 18.8. The summed E-state index contributed by atoms with van der Waals surface area (Å²) in [5.41, 5.74) is 5.38. The smallest absolute Gasteiger partial charge is 0.263 e. The van der Waals surface area contributed by atoms with E-state index in [1.807, 2.05) is 0 Å². The van der Waals surface area contributed by atoms with E-state index in [1.54, 1.807) is 17.9 Å². The van der Waals surface area contributed by atoms with Crippen molar-refractivity contribution < 1.29 is 18.7 Å². The lowest BCUT2D eigenvalue weighted by molar-refractivity contribution is -0.141. The molecule has 3 N–H and O–H groups in total. The molecule has 0 aromatic heterocycles. The van der Waals surface area contributed by atoms with E-state index < -0.39 is 11.9 Å². The number of nitrogens with zero attached hydrogens (tertiary/aromatic N) is 1. The number of ether oxygens (including phenoxy) is 1. The van der Waals surface area contributed by atoms with E-state index in [0.29, 0.717) is 31.9 Å². The maximum absolute atomic E-state index is 13.2. The molecule has 0 saturated carbocycles. The van der Waals surface area contributed by atoms with Crippen molar-refractivity contribution in [2.75, 3.05) is 26.2 Å². The number of nitrogens with one attached hydrogen (secondary N) is 1. The number of hydrogen-bond donors (Lipinski definition) is 2. The molecule has 0 aliphatic carbocycles. The third-order valence-corrected chi connectivity index (χ3v) is 4.00. The highest BCUT2D eigenvalue weighted by Gasteiger charge is 2.31. The maximum atomic E-state index is 13.2.